The minimum Gasteiger partial charge on any atom is -0.482 e. The van der Waals surface area contributed by atoms with Crippen molar-refractivity contribution in [3.05, 3.63) is 24.3 Å². The largest absolute Gasteiger partial charge is 0.482 e. The summed E-state index contributed by atoms with van der Waals surface area (Å²) in [6.45, 7) is 2.99. The van der Waals surface area contributed by atoms with Crippen LogP contribution < -0.4 is 15.4 Å². The quantitative estimate of drug-likeness (QED) is 0.714. The highest BCUT2D eigenvalue weighted by Crippen LogP contribution is 2.15. The number of benzene rings is 1. The number of nitrogens with one attached hydrogen (secondary N) is 2. The average Bonchev–Trinajstić information content (AvgIpc) is 2.37. The van der Waals surface area contributed by atoms with Crippen LogP contribution in [0.5, 0.6) is 5.75 Å². The number of carbonyl (C=O) groups excluding carboxylic acids is 1. The predicted octanol–water partition coefficient (Wildman–Crippen LogP) is 1.68. The Balaban J connectivity index is 2.55. The highest BCUT2D eigenvalue weighted by atomic mass is 16.5. The molecule has 0 aliphatic heterocycles. The molecule has 1 aromatic carbocycles. The third-order valence-corrected chi connectivity index (χ3v) is 2.26. The Kier molecular flexibility index (Phi) is 4.98. The van der Waals surface area contributed by atoms with Crippen LogP contribution >= 0.6 is 0 Å². The number of carbonyl (C=O) groups is 2. The number of rotatable bonds is 5. The molecule has 6 heteroatoms. The zero-order chi connectivity index (χ0) is 15.2. The van der Waals surface area contributed by atoms with E-state index in [1.54, 1.807) is 38.1 Å². The molecule has 20 heavy (non-hydrogen) atoms. The van der Waals surface area contributed by atoms with Gasteiger partial charge in [0, 0.05) is 5.69 Å². The fourth-order valence-electron chi connectivity index (χ4n) is 1.26. The maximum absolute atomic E-state index is 11.7. The molecule has 0 saturated carbocycles. The second kappa shape index (κ2) is 6.48. The van der Waals surface area contributed by atoms with Gasteiger partial charge in [-0.15, -0.1) is 6.42 Å². The number of urea groups is 1. The predicted molar refractivity (Wildman–Crippen MR) is 74.6 cm³/mol. The molecule has 1 rings (SSSR count). The molecular weight excluding hydrogens is 260 g/mol. The van der Waals surface area contributed by atoms with Crippen molar-refractivity contribution in [3.8, 4) is 18.1 Å². The van der Waals surface area contributed by atoms with Gasteiger partial charge in [-0.05, 0) is 38.1 Å². The van der Waals surface area contributed by atoms with Gasteiger partial charge < -0.3 is 20.5 Å². The van der Waals surface area contributed by atoms with Crippen LogP contribution in [0.3, 0.4) is 0 Å². The summed E-state index contributed by atoms with van der Waals surface area (Å²) in [7, 11) is 0. The van der Waals surface area contributed by atoms with Crippen LogP contribution in [0, 0.1) is 12.3 Å². The second-order valence-electron chi connectivity index (χ2n) is 4.56. The first kappa shape index (κ1) is 15.4. The molecule has 0 heterocycles. The average molecular weight is 276 g/mol. The molecule has 0 saturated heterocycles. The highest BCUT2D eigenvalue weighted by Gasteiger charge is 2.16. The lowest BCUT2D eigenvalue weighted by Crippen LogP contribution is -2.44. The van der Waals surface area contributed by atoms with Crippen molar-refractivity contribution in [2.75, 3.05) is 11.9 Å². The Hall–Kier alpha value is -2.68. The van der Waals surface area contributed by atoms with Gasteiger partial charge in [-0.1, -0.05) is 5.92 Å². The minimum absolute atomic E-state index is 0.405. The molecule has 6 nitrogen and oxygen atoms in total. The molecule has 0 atom stereocenters. The van der Waals surface area contributed by atoms with E-state index in [2.05, 4.69) is 16.6 Å². The third kappa shape index (κ3) is 5.31. The van der Waals surface area contributed by atoms with Gasteiger partial charge in [-0.25, -0.2) is 9.59 Å². The first-order valence-electron chi connectivity index (χ1n) is 5.84. The molecule has 0 aliphatic rings. The number of carboxylic acids is 1. The van der Waals surface area contributed by atoms with E-state index in [4.69, 9.17) is 16.3 Å². The maximum Gasteiger partial charge on any atom is 0.341 e. The minimum atomic E-state index is -1.05. The number of amides is 2. The Bertz CT molecular complexity index is 529. The molecule has 0 aliphatic carbocycles. The van der Waals surface area contributed by atoms with Gasteiger partial charge in [0.05, 0.1) is 5.54 Å². The van der Waals surface area contributed by atoms with Crippen LogP contribution in [0.1, 0.15) is 13.8 Å². The summed E-state index contributed by atoms with van der Waals surface area (Å²) in [5.41, 5.74) is -0.202. The Morgan fingerprint density at radius 2 is 1.95 bits per heavy atom. The standard InChI is InChI=1S/C14H16N2O4/c1-4-14(2,3)16-13(19)15-10-5-7-11(8-6-10)20-9-12(17)18/h1,5-8H,9H2,2-3H3,(H,17,18)(H2,15,16,19). The number of hydrogen-bond donors (Lipinski definition) is 3. The van der Waals surface area contributed by atoms with E-state index < -0.39 is 24.1 Å². The summed E-state index contributed by atoms with van der Waals surface area (Å²) >= 11 is 0. The van der Waals surface area contributed by atoms with E-state index in [1.807, 2.05) is 0 Å². The van der Waals surface area contributed by atoms with E-state index in [0.29, 0.717) is 11.4 Å². The van der Waals surface area contributed by atoms with Gasteiger partial charge in [-0.2, -0.15) is 0 Å². The maximum atomic E-state index is 11.7. The van der Waals surface area contributed by atoms with Crippen molar-refractivity contribution in [2.45, 2.75) is 19.4 Å². The van der Waals surface area contributed by atoms with Crippen LogP contribution in [0.4, 0.5) is 10.5 Å². The molecule has 1 aromatic rings. The van der Waals surface area contributed by atoms with Crippen molar-refractivity contribution in [1.82, 2.24) is 5.32 Å². The van der Waals surface area contributed by atoms with Crippen molar-refractivity contribution in [3.63, 3.8) is 0 Å². The fourth-order valence-corrected chi connectivity index (χ4v) is 1.26. The highest BCUT2D eigenvalue weighted by molar-refractivity contribution is 5.90. The number of hydrogen-bond acceptors (Lipinski definition) is 3. The van der Waals surface area contributed by atoms with Gasteiger partial charge in [0.2, 0.25) is 0 Å². The summed E-state index contributed by atoms with van der Waals surface area (Å²) in [5, 5.41) is 13.7. The summed E-state index contributed by atoms with van der Waals surface area (Å²) < 4.78 is 4.97. The Morgan fingerprint density at radius 1 is 1.35 bits per heavy atom. The van der Waals surface area contributed by atoms with E-state index in [-0.39, 0.29) is 0 Å². The summed E-state index contributed by atoms with van der Waals surface area (Å²) in [6.07, 6.45) is 5.27. The second-order valence-corrected chi connectivity index (χ2v) is 4.56. The smallest absolute Gasteiger partial charge is 0.341 e. The van der Waals surface area contributed by atoms with Gasteiger partial charge in [-0.3, -0.25) is 0 Å². The van der Waals surface area contributed by atoms with Crippen LogP contribution in [-0.2, 0) is 4.79 Å². The number of terminal acetylenes is 1. The van der Waals surface area contributed by atoms with Crippen molar-refractivity contribution in [1.29, 1.82) is 0 Å². The monoisotopic (exact) mass is 276 g/mol. The molecule has 0 bridgehead atoms. The van der Waals surface area contributed by atoms with E-state index in [9.17, 15) is 9.59 Å². The van der Waals surface area contributed by atoms with E-state index in [0.717, 1.165) is 0 Å². The number of aliphatic carboxylic acids is 1. The summed E-state index contributed by atoms with van der Waals surface area (Å²) in [5.74, 6) is 1.80. The first-order valence-corrected chi connectivity index (χ1v) is 5.84. The van der Waals surface area contributed by atoms with Crippen LogP contribution in [-0.4, -0.2) is 29.3 Å². The van der Waals surface area contributed by atoms with Crippen LogP contribution in [0.25, 0.3) is 0 Å². The molecule has 0 spiro atoms. The Labute approximate surface area is 117 Å². The van der Waals surface area contributed by atoms with Crippen molar-refractivity contribution >= 4 is 17.7 Å². The van der Waals surface area contributed by atoms with Crippen LogP contribution in [0.15, 0.2) is 24.3 Å². The Morgan fingerprint density at radius 3 is 2.45 bits per heavy atom. The lowest BCUT2D eigenvalue weighted by atomic mass is 10.1. The number of carboxylic acid groups (broad SMARTS) is 1. The molecule has 3 N–H and O–H groups in total. The van der Waals surface area contributed by atoms with Gasteiger partial charge in [0.15, 0.2) is 6.61 Å². The summed E-state index contributed by atoms with van der Waals surface area (Å²) in [6, 6.07) is 5.89. The molecule has 2 amide bonds. The summed E-state index contributed by atoms with van der Waals surface area (Å²) in [4.78, 5) is 22.0. The fraction of sp³-hybridized carbons (Fsp3) is 0.286. The zero-order valence-corrected chi connectivity index (χ0v) is 11.3. The number of anilines is 1. The van der Waals surface area contributed by atoms with Crippen LogP contribution in [0.2, 0.25) is 0 Å². The van der Waals surface area contributed by atoms with Gasteiger partial charge in [0.1, 0.15) is 5.75 Å². The van der Waals surface area contributed by atoms with E-state index in [1.165, 1.54) is 0 Å². The van der Waals surface area contributed by atoms with Gasteiger partial charge in [0.25, 0.3) is 0 Å². The zero-order valence-electron chi connectivity index (χ0n) is 11.3. The SMILES string of the molecule is C#CC(C)(C)NC(=O)Nc1ccc(OCC(=O)O)cc1. The molecule has 0 fully saturated rings. The number of ether oxygens (including phenoxy) is 1. The third-order valence-electron chi connectivity index (χ3n) is 2.26. The first-order chi connectivity index (χ1) is 9.32. The molecule has 106 valence electrons. The topological polar surface area (TPSA) is 87.7 Å². The van der Waals surface area contributed by atoms with Crippen molar-refractivity contribution < 1.29 is 19.4 Å². The van der Waals surface area contributed by atoms with Gasteiger partial charge >= 0.3 is 12.0 Å². The van der Waals surface area contributed by atoms with Crippen molar-refractivity contribution in [2.24, 2.45) is 0 Å². The molecule has 0 unspecified atom stereocenters. The lowest BCUT2D eigenvalue weighted by molar-refractivity contribution is -0.139. The lowest BCUT2D eigenvalue weighted by Gasteiger charge is -2.19. The molecule has 0 radical (unpaired) electrons. The van der Waals surface area contributed by atoms with E-state index >= 15 is 0 Å². The molecular formula is C14H16N2O4. The molecule has 0 aromatic heterocycles. The normalized spacial score (nSPS) is 10.2.